The second-order valence-electron chi connectivity index (χ2n) is 6.14. The van der Waals surface area contributed by atoms with E-state index in [1.807, 2.05) is 24.3 Å². The minimum Gasteiger partial charge on any atom is -0.494 e. The Hall–Kier alpha value is -1.84. The molecule has 0 saturated carbocycles. The third-order valence-electron chi connectivity index (χ3n) is 4.37. The normalized spacial score (nSPS) is 17.5. The summed E-state index contributed by atoms with van der Waals surface area (Å²) in [5.41, 5.74) is 1.29. The molecule has 1 N–H and O–H groups in total. The molecule has 0 aliphatic carbocycles. The molecule has 0 spiro atoms. The Balaban J connectivity index is 1.53. The van der Waals surface area contributed by atoms with Crippen LogP contribution >= 0.6 is 11.6 Å². The van der Waals surface area contributed by atoms with Crippen molar-refractivity contribution in [1.29, 1.82) is 0 Å². The lowest BCUT2D eigenvalue weighted by atomic mass is 10.0. The third-order valence-corrected chi connectivity index (χ3v) is 4.62. The summed E-state index contributed by atoms with van der Waals surface area (Å²) in [6, 6.07) is 14.9. The van der Waals surface area contributed by atoms with Crippen molar-refractivity contribution in [1.82, 2.24) is 5.32 Å². The molecule has 1 aliphatic heterocycles. The minimum absolute atomic E-state index is 0.00961. The summed E-state index contributed by atoms with van der Waals surface area (Å²) in [6.07, 6.45) is 4.84. The maximum absolute atomic E-state index is 12.4. The van der Waals surface area contributed by atoms with Gasteiger partial charge in [-0.05, 0) is 74.3 Å². The second-order valence-corrected chi connectivity index (χ2v) is 6.58. The zero-order chi connectivity index (χ0) is 16.8. The number of rotatable bonds is 6. The van der Waals surface area contributed by atoms with Gasteiger partial charge in [-0.3, -0.25) is 4.79 Å². The number of ketones is 1. The van der Waals surface area contributed by atoms with Crippen LogP contribution in [0.3, 0.4) is 0 Å². The van der Waals surface area contributed by atoms with Crippen LogP contribution in [-0.4, -0.2) is 25.0 Å². The molecule has 0 radical (unpaired) electrons. The summed E-state index contributed by atoms with van der Waals surface area (Å²) in [6.45, 7) is 1.81. The Morgan fingerprint density at radius 3 is 2.33 bits per heavy atom. The third kappa shape index (κ3) is 4.59. The Kier molecular flexibility index (Phi) is 5.89. The summed E-state index contributed by atoms with van der Waals surface area (Å²) in [5, 5.41) is 4.15. The fourth-order valence-electron chi connectivity index (χ4n) is 2.96. The zero-order valence-corrected chi connectivity index (χ0v) is 14.4. The Morgan fingerprint density at radius 1 is 1.04 bits per heavy atom. The summed E-state index contributed by atoms with van der Waals surface area (Å²) in [4.78, 5) is 12.4. The maximum atomic E-state index is 12.4. The number of carbonyl (C=O) groups excluding carboxylic acids is 1. The van der Waals surface area contributed by atoms with Gasteiger partial charge in [0.15, 0.2) is 5.78 Å². The second kappa shape index (κ2) is 8.32. The van der Waals surface area contributed by atoms with Gasteiger partial charge in [-0.1, -0.05) is 18.0 Å². The molecule has 0 bridgehead atoms. The molecule has 3 rings (SSSR count). The van der Waals surface area contributed by atoms with Gasteiger partial charge in [0.05, 0.1) is 6.61 Å². The van der Waals surface area contributed by atoms with Gasteiger partial charge in [-0.2, -0.15) is 0 Å². The first kappa shape index (κ1) is 17.0. The highest BCUT2D eigenvalue weighted by molar-refractivity contribution is 6.30. The highest BCUT2D eigenvalue weighted by Gasteiger charge is 2.12. The predicted octanol–water partition coefficient (Wildman–Crippen LogP) is 4.48. The number of hydrogen-bond acceptors (Lipinski definition) is 3. The van der Waals surface area contributed by atoms with Crippen molar-refractivity contribution in [2.24, 2.45) is 0 Å². The molecule has 1 aliphatic rings. The van der Waals surface area contributed by atoms with E-state index in [0.717, 1.165) is 18.7 Å². The predicted molar refractivity (Wildman–Crippen MR) is 97.1 cm³/mol. The van der Waals surface area contributed by atoms with E-state index in [0.29, 0.717) is 28.8 Å². The van der Waals surface area contributed by atoms with Crippen LogP contribution in [0.5, 0.6) is 5.75 Å². The number of piperidine rings is 1. The van der Waals surface area contributed by atoms with Crippen LogP contribution in [0.4, 0.5) is 0 Å². The fourth-order valence-corrected chi connectivity index (χ4v) is 3.09. The van der Waals surface area contributed by atoms with E-state index >= 15 is 0 Å². The van der Waals surface area contributed by atoms with E-state index in [1.165, 1.54) is 19.3 Å². The van der Waals surface area contributed by atoms with E-state index in [9.17, 15) is 4.79 Å². The molecule has 2 aromatic rings. The zero-order valence-electron chi connectivity index (χ0n) is 13.6. The largest absolute Gasteiger partial charge is 0.494 e. The van der Waals surface area contributed by atoms with Crippen molar-refractivity contribution < 1.29 is 9.53 Å². The van der Waals surface area contributed by atoms with E-state index in [1.54, 1.807) is 24.3 Å². The quantitative estimate of drug-likeness (QED) is 0.786. The van der Waals surface area contributed by atoms with Crippen LogP contribution in [0.15, 0.2) is 48.5 Å². The average Bonchev–Trinajstić information content (AvgIpc) is 2.63. The van der Waals surface area contributed by atoms with Crippen LogP contribution in [0.1, 0.15) is 41.6 Å². The van der Waals surface area contributed by atoms with Crippen LogP contribution < -0.4 is 10.1 Å². The molecule has 3 nitrogen and oxygen atoms in total. The maximum Gasteiger partial charge on any atom is 0.193 e. The standard InChI is InChI=1S/C20H22ClNO2/c21-17-8-4-15(5-9-17)20(23)16-6-10-19(11-7-16)24-14-12-18-3-1-2-13-22-18/h4-11,18,22H,1-3,12-14H2. The van der Waals surface area contributed by atoms with Gasteiger partial charge >= 0.3 is 0 Å². The summed E-state index contributed by atoms with van der Waals surface area (Å²) in [7, 11) is 0. The van der Waals surface area contributed by atoms with Crippen molar-refractivity contribution in [2.45, 2.75) is 31.7 Å². The number of carbonyl (C=O) groups is 1. The first-order chi connectivity index (χ1) is 11.7. The van der Waals surface area contributed by atoms with E-state index in [-0.39, 0.29) is 5.78 Å². The monoisotopic (exact) mass is 343 g/mol. The number of halogens is 1. The van der Waals surface area contributed by atoms with Crippen molar-refractivity contribution in [3.63, 3.8) is 0 Å². The molecule has 1 atom stereocenters. The highest BCUT2D eigenvalue weighted by Crippen LogP contribution is 2.18. The summed E-state index contributed by atoms with van der Waals surface area (Å²) < 4.78 is 5.80. The molecule has 4 heteroatoms. The molecule has 0 aromatic heterocycles. The number of benzene rings is 2. The Bertz CT molecular complexity index is 661. The smallest absolute Gasteiger partial charge is 0.193 e. The molecule has 126 valence electrons. The molecule has 1 unspecified atom stereocenters. The molecule has 1 fully saturated rings. The molecule has 2 aromatic carbocycles. The lowest BCUT2D eigenvalue weighted by Gasteiger charge is -2.23. The van der Waals surface area contributed by atoms with Crippen LogP contribution in [0.25, 0.3) is 0 Å². The van der Waals surface area contributed by atoms with Crippen molar-refractivity contribution in [3.05, 3.63) is 64.7 Å². The van der Waals surface area contributed by atoms with Crippen molar-refractivity contribution in [3.8, 4) is 5.75 Å². The van der Waals surface area contributed by atoms with Crippen LogP contribution in [-0.2, 0) is 0 Å². The van der Waals surface area contributed by atoms with E-state index < -0.39 is 0 Å². The van der Waals surface area contributed by atoms with Gasteiger partial charge in [-0.15, -0.1) is 0 Å². The average molecular weight is 344 g/mol. The first-order valence-corrected chi connectivity index (χ1v) is 8.87. The summed E-state index contributed by atoms with van der Waals surface area (Å²) in [5.74, 6) is 0.795. The van der Waals surface area contributed by atoms with Crippen molar-refractivity contribution >= 4 is 17.4 Å². The number of hydrogen-bond donors (Lipinski definition) is 1. The highest BCUT2D eigenvalue weighted by atomic mass is 35.5. The lowest BCUT2D eigenvalue weighted by Crippen LogP contribution is -2.35. The Labute approximate surface area is 148 Å². The SMILES string of the molecule is O=C(c1ccc(Cl)cc1)c1ccc(OCCC2CCCCN2)cc1. The van der Waals surface area contributed by atoms with E-state index in [4.69, 9.17) is 16.3 Å². The Morgan fingerprint density at radius 2 is 1.71 bits per heavy atom. The van der Waals surface area contributed by atoms with Gasteiger partial charge in [-0.25, -0.2) is 0 Å². The van der Waals surface area contributed by atoms with Gasteiger partial charge in [0.2, 0.25) is 0 Å². The molecule has 0 amide bonds. The lowest BCUT2D eigenvalue weighted by molar-refractivity contribution is 0.103. The number of nitrogens with one attached hydrogen (secondary N) is 1. The van der Waals surface area contributed by atoms with Crippen molar-refractivity contribution in [2.75, 3.05) is 13.2 Å². The van der Waals surface area contributed by atoms with Gasteiger partial charge in [0.25, 0.3) is 0 Å². The van der Waals surface area contributed by atoms with Gasteiger partial charge < -0.3 is 10.1 Å². The van der Waals surface area contributed by atoms with Crippen LogP contribution in [0, 0.1) is 0 Å². The number of ether oxygens (including phenoxy) is 1. The molecular formula is C20H22ClNO2. The minimum atomic E-state index is -0.00961. The molecular weight excluding hydrogens is 322 g/mol. The molecule has 1 saturated heterocycles. The topological polar surface area (TPSA) is 38.3 Å². The van der Waals surface area contributed by atoms with Gasteiger partial charge in [0.1, 0.15) is 5.75 Å². The first-order valence-electron chi connectivity index (χ1n) is 8.49. The molecule has 24 heavy (non-hydrogen) atoms. The fraction of sp³-hybridized carbons (Fsp3) is 0.350. The summed E-state index contributed by atoms with van der Waals surface area (Å²) >= 11 is 5.86. The van der Waals surface area contributed by atoms with Gasteiger partial charge in [0, 0.05) is 22.2 Å². The van der Waals surface area contributed by atoms with E-state index in [2.05, 4.69) is 5.32 Å². The molecule has 1 heterocycles. The van der Waals surface area contributed by atoms with Crippen LogP contribution in [0.2, 0.25) is 5.02 Å².